The van der Waals surface area contributed by atoms with Gasteiger partial charge in [-0.2, -0.15) is 0 Å². The van der Waals surface area contributed by atoms with Gasteiger partial charge in [-0.15, -0.1) is 0 Å². The SMILES string of the molecule is CCCCC/C=C\C[C@H](O)/C=C/C=C\C/C=C\CCCC(=O)O[C@H](COC(=O)CCCCCCCCCCCCCCC)COP(=O)(O)OCC[N+](C)(C)C. The van der Waals surface area contributed by atoms with Gasteiger partial charge in [0.25, 0.3) is 0 Å². The fourth-order valence-corrected chi connectivity index (χ4v) is 6.24. The lowest BCUT2D eigenvalue weighted by Crippen LogP contribution is -2.37. The van der Waals surface area contributed by atoms with Crippen LogP contribution < -0.4 is 0 Å². The molecule has 10 nitrogen and oxygen atoms in total. The summed E-state index contributed by atoms with van der Waals surface area (Å²) in [5, 5.41) is 10.0. The summed E-state index contributed by atoms with van der Waals surface area (Å²) in [6, 6.07) is 0. The number of carbonyl (C=O) groups is 2. The number of ether oxygens (including phenoxy) is 2. The lowest BCUT2D eigenvalue weighted by atomic mass is 10.0. The van der Waals surface area contributed by atoms with Crippen LogP contribution >= 0.6 is 7.82 Å². The molecule has 3 atom stereocenters. The van der Waals surface area contributed by atoms with Crippen molar-refractivity contribution in [2.75, 3.05) is 47.5 Å². The van der Waals surface area contributed by atoms with Gasteiger partial charge in [0.05, 0.1) is 33.9 Å². The summed E-state index contributed by atoms with van der Waals surface area (Å²) in [7, 11) is 1.40. The van der Waals surface area contributed by atoms with E-state index in [1.54, 1.807) is 6.08 Å². The van der Waals surface area contributed by atoms with Gasteiger partial charge in [-0.25, -0.2) is 4.57 Å². The number of aliphatic hydroxyl groups is 1. The summed E-state index contributed by atoms with van der Waals surface area (Å²) in [6.07, 6.45) is 37.6. The van der Waals surface area contributed by atoms with E-state index in [0.717, 1.165) is 32.1 Å². The van der Waals surface area contributed by atoms with Gasteiger partial charge in [-0.05, 0) is 44.9 Å². The van der Waals surface area contributed by atoms with E-state index in [1.807, 2.05) is 57.6 Å². The quantitative estimate of drug-likeness (QED) is 0.0157. The van der Waals surface area contributed by atoms with E-state index in [1.165, 1.54) is 83.5 Å². The Kier molecular flexibility index (Phi) is 34.9. The lowest BCUT2D eigenvalue weighted by Gasteiger charge is -2.24. The molecule has 0 saturated heterocycles. The zero-order valence-electron chi connectivity index (χ0n) is 35.5. The van der Waals surface area contributed by atoms with Gasteiger partial charge < -0.3 is 24.0 Å². The first-order valence-electron chi connectivity index (χ1n) is 21.5. The van der Waals surface area contributed by atoms with Gasteiger partial charge >= 0.3 is 19.8 Å². The van der Waals surface area contributed by atoms with Crippen molar-refractivity contribution in [3.8, 4) is 0 Å². The molecule has 0 heterocycles. The molecule has 0 aromatic carbocycles. The summed E-state index contributed by atoms with van der Waals surface area (Å²) in [6.45, 7) is 4.22. The zero-order chi connectivity index (χ0) is 40.9. The van der Waals surface area contributed by atoms with Crippen LogP contribution in [0.15, 0.2) is 48.6 Å². The second kappa shape index (κ2) is 36.3. The number of esters is 2. The first-order chi connectivity index (χ1) is 26.4. The van der Waals surface area contributed by atoms with Crippen LogP contribution in [0.3, 0.4) is 0 Å². The third kappa shape index (κ3) is 39.9. The molecule has 0 fully saturated rings. The number of rotatable bonds is 38. The average molecular weight is 799 g/mol. The fourth-order valence-electron chi connectivity index (χ4n) is 5.50. The van der Waals surface area contributed by atoms with Crippen molar-refractivity contribution in [1.82, 2.24) is 0 Å². The highest BCUT2D eigenvalue weighted by atomic mass is 31.2. The van der Waals surface area contributed by atoms with Crippen LogP contribution in [0.2, 0.25) is 0 Å². The second-order valence-electron chi connectivity index (χ2n) is 15.6. The van der Waals surface area contributed by atoms with Crippen LogP contribution in [0.1, 0.15) is 162 Å². The number of unbranched alkanes of at least 4 members (excludes halogenated alkanes) is 16. The number of nitrogens with zero attached hydrogens (tertiary/aromatic N) is 1. The van der Waals surface area contributed by atoms with Gasteiger partial charge in [0.15, 0.2) is 6.10 Å². The molecule has 0 saturated carbocycles. The number of phosphoric acid groups is 1. The smallest absolute Gasteiger partial charge is 0.462 e. The Hall–Kier alpha value is -2.07. The summed E-state index contributed by atoms with van der Waals surface area (Å²) in [4.78, 5) is 35.3. The fraction of sp³-hybridized carbons (Fsp3) is 0.773. The molecule has 0 spiro atoms. The standard InChI is InChI=1S/C44H80NO9P/c1-6-8-10-12-14-15-16-17-18-19-23-27-31-35-43(47)51-39-42(40-53-55(49,50)52-38-37-45(3,4)5)54-44(48)36-32-28-24-21-20-22-26-30-34-41(46)33-29-25-13-11-9-7-2/h21-22,24-26,29-30,34,41-42,46H,6-20,23,27-28,31-33,35-40H2,1-5H3/p+1/b24-21-,26-22-,29-25-,34-30+/t41-,42+/m0/s1. The normalized spacial score (nSPS) is 14.7. The van der Waals surface area contributed by atoms with Crippen LogP contribution in [0.4, 0.5) is 0 Å². The van der Waals surface area contributed by atoms with Crippen molar-refractivity contribution in [2.45, 2.75) is 174 Å². The highest BCUT2D eigenvalue weighted by molar-refractivity contribution is 7.47. The Morgan fingerprint density at radius 1 is 0.655 bits per heavy atom. The molecule has 0 radical (unpaired) electrons. The van der Waals surface area contributed by atoms with E-state index in [-0.39, 0.29) is 26.1 Å². The van der Waals surface area contributed by atoms with Gasteiger partial charge in [0.2, 0.25) is 0 Å². The predicted octanol–water partition coefficient (Wildman–Crippen LogP) is 10.9. The minimum atomic E-state index is -4.40. The maximum absolute atomic E-state index is 12.7. The van der Waals surface area contributed by atoms with Gasteiger partial charge in [-0.1, -0.05) is 152 Å². The number of phosphoric ester groups is 1. The predicted molar refractivity (Wildman–Crippen MR) is 226 cm³/mol. The van der Waals surface area contributed by atoms with Gasteiger partial charge in [0.1, 0.15) is 19.8 Å². The van der Waals surface area contributed by atoms with Crippen molar-refractivity contribution < 1.29 is 47.2 Å². The Morgan fingerprint density at radius 2 is 1.22 bits per heavy atom. The van der Waals surface area contributed by atoms with Crippen molar-refractivity contribution in [1.29, 1.82) is 0 Å². The molecule has 0 aromatic rings. The molecule has 55 heavy (non-hydrogen) atoms. The molecule has 2 N–H and O–H groups in total. The molecule has 0 bridgehead atoms. The minimum absolute atomic E-state index is 0.0100. The highest BCUT2D eigenvalue weighted by Gasteiger charge is 2.27. The number of hydrogen-bond acceptors (Lipinski definition) is 8. The van der Waals surface area contributed by atoms with Crippen LogP contribution in [0.5, 0.6) is 0 Å². The van der Waals surface area contributed by atoms with E-state index in [2.05, 4.69) is 19.9 Å². The molecule has 11 heteroatoms. The molecule has 0 rings (SSSR count). The molecule has 0 aliphatic carbocycles. The Morgan fingerprint density at radius 3 is 1.85 bits per heavy atom. The highest BCUT2D eigenvalue weighted by Crippen LogP contribution is 2.43. The van der Waals surface area contributed by atoms with E-state index < -0.39 is 38.6 Å². The second-order valence-corrected chi connectivity index (χ2v) is 17.0. The van der Waals surface area contributed by atoms with E-state index >= 15 is 0 Å². The molecule has 1 unspecified atom stereocenters. The van der Waals surface area contributed by atoms with Crippen LogP contribution in [-0.2, 0) is 32.7 Å². The summed E-state index contributed by atoms with van der Waals surface area (Å²) >= 11 is 0. The number of quaternary nitrogens is 1. The number of hydrogen-bond donors (Lipinski definition) is 2. The lowest BCUT2D eigenvalue weighted by molar-refractivity contribution is -0.870. The van der Waals surface area contributed by atoms with Gasteiger partial charge in [-0.3, -0.25) is 18.6 Å². The Balaban J connectivity index is 4.55. The molecule has 0 aliphatic heterocycles. The van der Waals surface area contributed by atoms with E-state index in [0.29, 0.717) is 30.3 Å². The van der Waals surface area contributed by atoms with Crippen LogP contribution in [0, 0.1) is 0 Å². The topological polar surface area (TPSA) is 129 Å². The van der Waals surface area contributed by atoms with Crippen molar-refractivity contribution in [2.24, 2.45) is 0 Å². The van der Waals surface area contributed by atoms with E-state index in [9.17, 15) is 24.2 Å². The largest absolute Gasteiger partial charge is 0.472 e. The van der Waals surface area contributed by atoms with Crippen LogP contribution in [-0.4, -0.2) is 86.1 Å². The summed E-state index contributed by atoms with van der Waals surface area (Å²) in [5.74, 6) is -0.903. The molecule has 0 amide bonds. The third-order valence-electron chi connectivity index (χ3n) is 8.94. The number of aliphatic hydroxyl groups excluding tert-OH is 1. The maximum atomic E-state index is 12.7. The number of allylic oxidation sites excluding steroid dienone is 6. The molecular formula is C44H81NO9P+. The molecule has 320 valence electrons. The zero-order valence-corrected chi connectivity index (χ0v) is 36.4. The number of carbonyl (C=O) groups excluding carboxylic acids is 2. The van der Waals surface area contributed by atoms with Crippen molar-refractivity contribution in [3.05, 3.63) is 48.6 Å². The minimum Gasteiger partial charge on any atom is -0.462 e. The van der Waals surface area contributed by atoms with Gasteiger partial charge in [0, 0.05) is 12.8 Å². The third-order valence-corrected chi connectivity index (χ3v) is 9.93. The van der Waals surface area contributed by atoms with Crippen molar-refractivity contribution >= 4 is 19.8 Å². The Bertz CT molecular complexity index is 1100. The summed E-state index contributed by atoms with van der Waals surface area (Å²) in [5.41, 5.74) is 0. The van der Waals surface area contributed by atoms with Crippen molar-refractivity contribution in [3.63, 3.8) is 0 Å². The molecular weight excluding hydrogens is 717 g/mol. The molecule has 0 aliphatic rings. The monoisotopic (exact) mass is 799 g/mol. The van der Waals surface area contributed by atoms with Crippen LogP contribution in [0.25, 0.3) is 0 Å². The van der Waals surface area contributed by atoms with E-state index in [4.69, 9.17) is 18.5 Å². The maximum Gasteiger partial charge on any atom is 0.472 e. The summed E-state index contributed by atoms with van der Waals surface area (Å²) < 4.78 is 34.1. The first kappa shape index (κ1) is 52.9. The Labute approximate surface area is 336 Å². The number of likely N-dealkylation sites (N-methyl/N-ethyl adjacent to an activating group) is 1. The first-order valence-corrected chi connectivity index (χ1v) is 23.0. The average Bonchev–Trinajstić information content (AvgIpc) is 3.13. The molecule has 0 aromatic heterocycles.